The van der Waals surface area contributed by atoms with Crippen molar-refractivity contribution in [2.45, 2.75) is 19.9 Å². The zero-order valence-electron chi connectivity index (χ0n) is 18.1. The summed E-state index contributed by atoms with van der Waals surface area (Å²) in [7, 11) is 1.82. The monoisotopic (exact) mass is 439 g/mol. The van der Waals surface area contributed by atoms with Gasteiger partial charge in [-0.25, -0.2) is 4.79 Å². The van der Waals surface area contributed by atoms with E-state index in [1.54, 1.807) is 28.9 Å². The maximum atomic E-state index is 12.9. The van der Waals surface area contributed by atoms with Crippen molar-refractivity contribution in [2.24, 2.45) is 7.05 Å². The summed E-state index contributed by atoms with van der Waals surface area (Å²) in [6, 6.07) is 6.78. The van der Waals surface area contributed by atoms with E-state index in [4.69, 9.17) is 4.74 Å². The fourth-order valence-corrected chi connectivity index (χ4v) is 3.82. The molecule has 1 aliphatic heterocycles. The van der Waals surface area contributed by atoms with Gasteiger partial charge in [0.1, 0.15) is 5.75 Å². The van der Waals surface area contributed by atoms with Gasteiger partial charge in [0, 0.05) is 50.4 Å². The Morgan fingerprint density at radius 3 is 2.72 bits per heavy atom. The predicted octanol–water partition coefficient (Wildman–Crippen LogP) is 2.20. The van der Waals surface area contributed by atoms with Crippen LogP contribution in [0.1, 0.15) is 24.2 Å². The maximum Gasteiger partial charge on any atom is 0.407 e. The summed E-state index contributed by atoms with van der Waals surface area (Å²) < 4.78 is 7.33. The van der Waals surface area contributed by atoms with Gasteiger partial charge in [0.2, 0.25) is 0 Å². The lowest BCUT2D eigenvalue weighted by Gasteiger charge is -2.38. The number of nitrogens with zero attached hydrogens (tertiary/aromatic N) is 6. The van der Waals surface area contributed by atoms with Crippen LogP contribution >= 0.6 is 0 Å². The Balaban J connectivity index is 1.48. The third kappa shape index (κ3) is 4.27. The average Bonchev–Trinajstić information content (AvgIpc) is 3.12. The number of nitrogens with one attached hydrogen (secondary N) is 1. The van der Waals surface area contributed by atoms with Gasteiger partial charge in [-0.1, -0.05) is 0 Å². The number of aromatic nitrogens is 4. The minimum atomic E-state index is -0.919. The molecule has 11 heteroatoms. The third-order valence-electron chi connectivity index (χ3n) is 5.35. The molecule has 3 heterocycles. The summed E-state index contributed by atoms with van der Waals surface area (Å²) in [5.41, 5.74) is 1.13. The molecule has 1 atom stereocenters. The molecule has 0 unspecified atom stereocenters. The number of aryl methyl sites for hydroxylation is 1. The standard InChI is InChI=1S/C21H25N7O4/c1-4-32-17-10-16-14(12-26(3)25-16)9-15(17)20(29)22-18-5-6-19(24-23-18)27-7-8-28(21(30)31)13(2)11-27/h5-6,9-10,12-13H,4,7-8,11H2,1-3H3,(H,30,31)(H,22,23,29)/t13-/m0/s1. The molecule has 1 aromatic carbocycles. The molecule has 0 spiro atoms. The van der Waals surface area contributed by atoms with Crippen LogP contribution in [0.15, 0.2) is 30.5 Å². The van der Waals surface area contributed by atoms with Gasteiger partial charge in [0.15, 0.2) is 11.6 Å². The molecule has 2 amide bonds. The van der Waals surface area contributed by atoms with Crippen LogP contribution < -0.4 is 15.0 Å². The van der Waals surface area contributed by atoms with Gasteiger partial charge >= 0.3 is 6.09 Å². The Morgan fingerprint density at radius 2 is 2.06 bits per heavy atom. The lowest BCUT2D eigenvalue weighted by Crippen LogP contribution is -2.54. The van der Waals surface area contributed by atoms with E-state index in [9.17, 15) is 14.7 Å². The zero-order chi connectivity index (χ0) is 22.8. The summed E-state index contributed by atoms with van der Waals surface area (Å²) in [6.45, 7) is 5.58. The van der Waals surface area contributed by atoms with Gasteiger partial charge in [0.25, 0.3) is 5.91 Å². The number of anilines is 2. The number of hydrogen-bond acceptors (Lipinski definition) is 7. The second-order valence-corrected chi connectivity index (χ2v) is 7.64. The van der Waals surface area contributed by atoms with Crippen LogP contribution in [0.5, 0.6) is 5.75 Å². The molecule has 2 aromatic heterocycles. The molecule has 0 aliphatic carbocycles. The second-order valence-electron chi connectivity index (χ2n) is 7.64. The van der Waals surface area contributed by atoms with Crippen LogP contribution in [0.25, 0.3) is 10.9 Å². The Bertz CT molecular complexity index is 1150. The van der Waals surface area contributed by atoms with E-state index in [2.05, 4.69) is 20.6 Å². The van der Waals surface area contributed by atoms with Crippen molar-refractivity contribution >= 4 is 34.5 Å². The van der Waals surface area contributed by atoms with Crippen molar-refractivity contribution in [2.75, 3.05) is 36.5 Å². The minimum absolute atomic E-state index is 0.151. The molecule has 1 saturated heterocycles. The molecule has 3 aromatic rings. The first-order chi connectivity index (χ1) is 15.4. The highest BCUT2D eigenvalue weighted by Crippen LogP contribution is 2.26. The second kappa shape index (κ2) is 8.69. The van der Waals surface area contributed by atoms with Crippen molar-refractivity contribution in [1.29, 1.82) is 0 Å². The van der Waals surface area contributed by atoms with Gasteiger partial charge in [-0.15, -0.1) is 10.2 Å². The third-order valence-corrected chi connectivity index (χ3v) is 5.35. The molecule has 32 heavy (non-hydrogen) atoms. The summed E-state index contributed by atoms with van der Waals surface area (Å²) in [5.74, 6) is 1.03. The Morgan fingerprint density at radius 1 is 1.25 bits per heavy atom. The Labute approximate surface area is 184 Å². The molecule has 1 fully saturated rings. The number of benzene rings is 1. The van der Waals surface area contributed by atoms with Crippen molar-refractivity contribution in [3.05, 3.63) is 36.0 Å². The highest BCUT2D eigenvalue weighted by molar-refractivity contribution is 6.08. The van der Waals surface area contributed by atoms with E-state index in [0.717, 1.165) is 10.9 Å². The van der Waals surface area contributed by atoms with Crippen molar-refractivity contribution < 1.29 is 19.4 Å². The molecule has 0 bridgehead atoms. The predicted molar refractivity (Wildman–Crippen MR) is 118 cm³/mol. The van der Waals surface area contributed by atoms with E-state index < -0.39 is 6.09 Å². The maximum absolute atomic E-state index is 12.9. The van der Waals surface area contributed by atoms with Gasteiger partial charge in [-0.3, -0.25) is 9.48 Å². The number of ether oxygens (including phenoxy) is 1. The fraction of sp³-hybridized carbons (Fsp3) is 0.381. The summed E-state index contributed by atoms with van der Waals surface area (Å²) in [4.78, 5) is 27.6. The highest BCUT2D eigenvalue weighted by atomic mass is 16.5. The number of piperazine rings is 1. The molecular weight excluding hydrogens is 414 g/mol. The van der Waals surface area contributed by atoms with Gasteiger partial charge in [0.05, 0.1) is 17.7 Å². The summed E-state index contributed by atoms with van der Waals surface area (Å²) in [5, 5.41) is 25.5. The molecule has 4 rings (SSSR count). The Hall–Kier alpha value is -3.89. The SMILES string of the molecule is CCOc1cc2nn(C)cc2cc1C(=O)Nc1ccc(N2CCN(C(=O)O)[C@@H](C)C2)nn1. The number of carbonyl (C=O) groups excluding carboxylic acids is 1. The average molecular weight is 439 g/mol. The van der Waals surface area contributed by atoms with E-state index in [1.165, 1.54) is 4.90 Å². The van der Waals surface area contributed by atoms with Crippen molar-refractivity contribution in [3.8, 4) is 5.75 Å². The lowest BCUT2D eigenvalue weighted by molar-refractivity contribution is 0.102. The van der Waals surface area contributed by atoms with E-state index in [0.29, 0.717) is 49.2 Å². The molecule has 0 radical (unpaired) electrons. The first-order valence-corrected chi connectivity index (χ1v) is 10.4. The van der Waals surface area contributed by atoms with Crippen LogP contribution in [0.3, 0.4) is 0 Å². The van der Waals surface area contributed by atoms with Gasteiger partial charge in [-0.2, -0.15) is 5.10 Å². The first-order valence-electron chi connectivity index (χ1n) is 10.4. The van der Waals surface area contributed by atoms with Crippen LogP contribution in [0.4, 0.5) is 16.4 Å². The molecule has 2 N–H and O–H groups in total. The van der Waals surface area contributed by atoms with Crippen LogP contribution in [0, 0.1) is 0 Å². The Kier molecular flexibility index (Phi) is 5.80. The number of rotatable bonds is 5. The number of carbonyl (C=O) groups is 2. The molecule has 168 valence electrons. The van der Waals surface area contributed by atoms with Gasteiger partial charge < -0.3 is 25.0 Å². The highest BCUT2D eigenvalue weighted by Gasteiger charge is 2.28. The van der Waals surface area contributed by atoms with Crippen LogP contribution in [-0.2, 0) is 7.05 Å². The number of carboxylic acid groups (broad SMARTS) is 1. The van der Waals surface area contributed by atoms with Crippen molar-refractivity contribution in [1.82, 2.24) is 24.9 Å². The van der Waals surface area contributed by atoms with E-state index in [1.807, 2.05) is 32.0 Å². The molecule has 0 saturated carbocycles. The van der Waals surface area contributed by atoms with Gasteiger partial charge in [-0.05, 0) is 32.0 Å². The largest absolute Gasteiger partial charge is 0.493 e. The van der Waals surface area contributed by atoms with Crippen molar-refractivity contribution in [3.63, 3.8) is 0 Å². The number of amides is 2. The summed E-state index contributed by atoms with van der Waals surface area (Å²) in [6.07, 6.45) is 0.916. The number of fused-ring (bicyclic) bond motifs is 1. The lowest BCUT2D eigenvalue weighted by atomic mass is 10.1. The smallest absolute Gasteiger partial charge is 0.407 e. The fourth-order valence-electron chi connectivity index (χ4n) is 3.82. The molecular formula is C21H25N7O4. The molecule has 1 aliphatic rings. The van der Waals surface area contributed by atoms with Crippen LogP contribution in [-0.4, -0.2) is 74.3 Å². The minimum Gasteiger partial charge on any atom is -0.493 e. The quantitative estimate of drug-likeness (QED) is 0.620. The zero-order valence-corrected chi connectivity index (χ0v) is 18.1. The number of hydrogen-bond donors (Lipinski definition) is 2. The van der Waals surface area contributed by atoms with E-state index in [-0.39, 0.29) is 11.9 Å². The molecule has 11 nitrogen and oxygen atoms in total. The topological polar surface area (TPSA) is 126 Å². The first kappa shape index (κ1) is 21.3. The summed E-state index contributed by atoms with van der Waals surface area (Å²) >= 11 is 0. The van der Waals surface area contributed by atoms with E-state index >= 15 is 0 Å². The normalized spacial score (nSPS) is 16.3. The van der Waals surface area contributed by atoms with Crippen LogP contribution in [0.2, 0.25) is 0 Å².